The van der Waals surface area contributed by atoms with Crippen LogP contribution in [0.4, 0.5) is 0 Å². The van der Waals surface area contributed by atoms with Gasteiger partial charge in [0, 0.05) is 17.1 Å². The average molecular weight is 315 g/mol. The van der Waals surface area contributed by atoms with Gasteiger partial charge in [-0.15, -0.1) is 0 Å². The summed E-state index contributed by atoms with van der Waals surface area (Å²) in [5.41, 5.74) is 1.30. The number of phenolic OH excluding ortho intramolecular Hbond substituents is 1. The molecule has 0 bridgehead atoms. The van der Waals surface area contributed by atoms with E-state index in [1.54, 1.807) is 37.4 Å². The normalized spacial score (nSPS) is 10.5. The Kier molecular flexibility index (Phi) is 3.26. The van der Waals surface area contributed by atoms with Crippen LogP contribution in [0.15, 0.2) is 39.6 Å². The van der Waals surface area contributed by atoms with Gasteiger partial charge in [-0.05, 0) is 46.3 Å². The molecule has 1 aromatic carbocycles. The van der Waals surface area contributed by atoms with Gasteiger partial charge in [0.1, 0.15) is 10.8 Å². The first-order chi connectivity index (χ1) is 8.00. The molecule has 0 aliphatic rings. The topological polar surface area (TPSA) is 42.2 Å². The SMILES string of the molecule is Cn1c(-c2ccc(O)cc2Br)ccc(Cl)c1=O. The number of aromatic hydroxyl groups is 1. The summed E-state index contributed by atoms with van der Waals surface area (Å²) in [5.74, 6) is 0.166. The van der Waals surface area contributed by atoms with Gasteiger partial charge < -0.3 is 9.67 Å². The summed E-state index contributed by atoms with van der Waals surface area (Å²) in [6, 6.07) is 8.22. The lowest BCUT2D eigenvalue weighted by Gasteiger charge is -2.10. The van der Waals surface area contributed by atoms with E-state index < -0.39 is 0 Å². The molecule has 0 atom stereocenters. The fourth-order valence-electron chi connectivity index (χ4n) is 1.59. The summed E-state index contributed by atoms with van der Waals surface area (Å²) in [4.78, 5) is 11.7. The third kappa shape index (κ3) is 2.23. The predicted molar refractivity (Wildman–Crippen MR) is 71.5 cm³/mol. The Balaban J connectivity index is 2.69. The highest BCUT2D eigenvalue weighted by molar-refractivity contribution is 9.10. The van der Waals surface area contributed by atoms with E-state index in [9.17, 15) is 9.90 Å². The molecule has 0 radical (unpaired) electrons. The van der Waals surface area contributed by atoms with Crippen LogP contribution in [0, 0.1) is 0 Å². The lowest BCUT2D eigenvalue weighted by Crippen LogP contribution is -2.18. The molecule has 0 spiro atoms. The Morgan fingerprint density at radius 1 is 1.29 bits per heavy atom. The zero-order chi connectivity index (χ0) is 12.6. The van der Waals surface area contributed by atoms with Crippen molar-refractivity contribution in [2.24, 2.45) is 7.05 Å². The summed E-state index contributed by atoms with van der Waals surface area (Å²) in [7, 11) is 1.66. The standard InChI is InChI=1S/C12H9BrClNO2/c1-15-11(5-4-10(14)12(15)17)8-3-2-7(16)6-9(8)13/h2-6,16H,1H3. The van der Waals surface area contributed by atoms with Crippen molar-refractivity contribution in [3.8, 4) is 17.0 Å². The van der Waals surface area contributed by atoms with Crippen LogP contribution in [0.1, 0.15) is 0 Å². The number of hydrogen-bond donors (Lipinski definition) is 1. The summed E-state index contributed by atoms with van der Waals surface area (Å²) in [5, 5.41) is 9.52. The maximum Gasteiger partial charge on any atom is 0.269 e. The van der Waals surface area contributed by atoms with Gasteiger partial charge in [0.2, 0.25) is 0 Å². The molecular weight excluding hydrogens is 305 g/mol. The maximum atomic E-state index is 11.7. The third-order valence-electron chi connectivity index (χ3n) is 2.49. The van der Waals surface area contributed by atoms with Crippen LogP contribution < -0.4 is 5.56 Å². The minimum absolute atomic E-state index is 0.166. The van der Waals surface area contributed by atoms with Crippen molar-refractivity contribution in [1.29, 1.82) is 0 Å². The molecule has 2 rings (SSSR count). The van der Waals surface area contributed by atoms with Crippen molar-refractivity contribution in [1.82, 2.24) is 4.57 Å². The maximum absolute atomic E-state index is 11.7. The average Bonchev–Trinajstić information content (AvgIpc) is 2.28. The van der Waals surface area contributed by atoms with Gasteiger partial charge in [-0.25, -0.2) is 0 Å². The quantitative estimate of drug-likeness (QED) is 0.878. The molecule has 1 aromatic heterocycles. The lowest BCUT2D eigenvalue weighted by atomic mass is 10.1. The van der Waals surface area contributed by atoms with E-state index in [1.807, 2.05) is 0 Å². The van der Waals surface area contributed by atoms with E-state index in [0.29, 0.717) is 0 Å². The van der Waals surface area contributed by atoms with Crippen LogP contribution in [-0.2, 0) is 7.05 Å². The van der Waals surface area contributed by atoms with E-state index in [2.05, 4.69) is 15.9 Å². The molecule has 2 aromatic rings. The second-order valence-corrected chi connectivity index (χ2v) is 4.86. The number of benzene rings is 1. The van der Waals surface area contributed by atoms with Crippen LogP contribution >= 0.6 is 27.5 Å². The molecule has 3 nitrogen and oxygen atoms in total. The fraction of sp³-hybridized carbons (Fsp3) is 0.0833. The highest BCUT2D eigenvalue weighted by atomic mass is 79.9. The van der Waals surface area contributed by atoms with E-state index in [1.165, 1.54) is 4.57 Å². The van der Waals surface area contributed by atoms with Crippen molar-refractivity contribution < 1.29 is 5.11 Å². The van der Waals surface area contributed by atoms with Crippen molar-refractivity contribution in [2.75, 3.05) is 0 Å². The van der Waals surface area contributed by atoms with Gasteiger partial charge in [-0.3, -0.25) is 4.79 Å². The third-order valence-corrected chi connectivity index (χ3v) is 3.43. The van der Waals surface area contributed by atoms with Crippen molar-refractivity contribution in [3.63, 3.8) is 0 Å². The van der Waals surface area contributed by atoms with Crippen LogP contribution in [0.2, 0.25) is 5.02 Å². The zero-order valence-electron chi connectivity index (χ0n) is 8.95. The molecule has 1 heterocycles. The van der Waals surface area contributed by atoms with Crippen LogP contribution in [-0.4, -0.2) is 9.67 Å². The number of nitrogens with zero attached hydrogens (tertiary/aromatic N) is 1. The molecule has 0 saturated heterocycles. The number of rotatable bonds is 1. The molecule has 88 valence electrons. The first kappa shape index (κ1) is 12.2. The summed E-state index contributed by atoms with van der Waals surface area (Å²) >= 11 is 9.11. The fourth-order valence-corrected chi connectivity index (χ4v) is 2.35. The van der Waals surface area contributed by atoms with E-state index >= 15 is 0 Å². The first-order valence-electron chi connectivity index (χ1n) is 4.85. The van der Waals surface area contributed by atoms with Gasteiger partial charge in [0.25, 0.3) is 5.56 Å². The van der Waals surface area contributed by atoms with Gasteiger partial charge in [-0.1, -0.05) is 11.6 Å². The molecule has 1 N–H and O–H groups in total. The summed E-state index contributed by atoms with van der Waals surface area (Å²) in [6.07, 6.45) is 0. The van der Waals surface area contributed by atoms with Gasteiger partial charge in [0.05, 0.1) is 5.69 Å². The Morgan fingerprint density at radius 2 is 2.00 bits per heavy atom. The van der Waals surface area contributed by atoms with Crippen molar-refractivity contribution in [3.05, 3.63) is 50.2 Å². The minimum Gasteiger partial charge on any atom is -0.508 e. The van der Waals surface area contributed by atoms with Crippen molar-refractivity contribution in [2.45, 2.75) is 0 Å². The molecule has 0 aliphatic carbocycles. The molecule has 0 aliphatic heterocycles. The smallest absolute Gasteiger partial charge is 0.269 e. The Hall–Kier alpha value is -1.26. The second-order valence-electron chi connectivity index (χ2n) is 3.59. The number of aromatic nitrogens is 1. The first-order valence-corrected chi connectivity index (χ1v) is 6.02. The molecule has 17 heavy (non-hydrogen) atoms. The van der Waals surface area contributed by atoms with Crippen LogP contribution in [0.3, 0.4) is 0 Å². The number of pyridine rings is 1. The Bertz CT molecular complexity index is 637. The molecular formula is C12H9BrClNO2. The number of phenols is 1. The van der Waals surface area contributed by atoms with Gasteiger partial charge >= 0.3 is 0 Å². The predicted octanol–water partition coefficient (Wildman–Crippen LogP) is 3.17. The van der Waals surface area contributed by atoms with Crippen molar-refractivity contribution >= 4 is 27.5 Å². The Morgan fingerprint density at radius 3 is 2.65 bits per heavy atom. The van der Waals surface area contributed by atoms with E-state index in [0.717, 1.165) is 15.7 Å². The van der Waals surface area contributed by atoms with Gasteiger partial charge in [0.15, 0.2) is 0 Å². The zero-order valence-corrected chi connectivity index (χ0v) is 11.3. The highest BCUT2D eigenvalue weighted by Gasteiger charge is 2.09. The number of hydrogen-bond acceptors (Lipinski definition) is 2. The Labute approximate surface area is 111 Å². The molecule has 0 saturated carbocycles. The molecule has 0 unspecified atom stereocenters. The summed E-state index contributed by atoms with van der Waals surface area (Å²) < 4.78 is 2.19. The van der Waals surface area contributed by atoms with Crippen LogP contribution in [0.25, 0.3) is 11.3 Å². The monoisotopic (exact) mass is 313 g/mol. The van der Waals surface area contributed by atoms with E-state index in [4.69, 9.17) is 11.6 Å². The largest absolute Gasteiger partial charge is 0.508 e. The molecule has 0 fully saturated rings. The number of halogens is 2. The highest BCUT2D eigenvalue weighted by Crippen LogP contribution is 2.30. The molecule has 0 amide bonds. The minimum atomic E-state index is -0.246. The molecule has 5 heteroatoms. The lowest BCUT2D eigenvalue weighted by molar-refractivity contribution is 0.475. The van der Waals surface area contributed by atoms with E-state index in [-0.39, 0.29) is 16.3 Å². The summed E-state index contributed by atoms with van der Waals surface area (Å²) in [6.45, 7) is 0. The van der Waals surface area contributed by atoms with Crippen LogP contribution in [0.5, 0.6) is 5.75 Å². The van der Waals surface area contributed by atoms with Gasteiger partial charge in [-0.2, -0.15) is 0 Å². The second kappa shape index (κ2) is 4.55.